The first-order chi connectivity index (χ1) is 7.24. The fraction of sp³-hybridized carbons (Fsp3) is 1.00. The molecule has 2 heteroatoms. The Morgan fingerprint density at radius 1 is 1.13 bits per heavy atom. The van der Waals surface area contributed by atoms with Crippen molar-refractivity contribution in [1.82, 2.24) is 4.90 Å². The first-order valence-corrected chi connectivity index (χ1v) is 7.07. The lowest BCUT2D eigenvalue weighted by atomic mass is 10.1. The van der Waals surface area contributed by atoms with Crippen LogP contribution in [0, 0.1) is 5.92 Å². The van der Waals surface area contributed by atoms with Gasteiger partial charge >= 0.3 is 0 Å². The van der Waals surface area contributed by atoms with E-state index in [2.05, 4.69) is 18.7 Å². The number of hydrogen-bond donors (Lipinski definition) is 0. The van der Waals surface area contributed by atoms with Crippen LogP contribution in [0.5, 0.6) is 0 Å². The van der Waals surface area contributed by atoms with Gasteiger partial charge < -0.3 is 4.90 Å². The molecule has 15 heavy (non-hydrogen) atoms. The predicted octanol–water partition coefficient (Wildman–Crippen LogP) is 3.91. The van der Waals surface area contributed by atoms with Gasteiger partial charge in [-0.15, -0.1) is 11.6 Å². The molecule has 1 saturated carbocycles. The molecule has 0 N–H and O–H groups in total. The molecule has 1 fully saturated rings. The van der Waals surface area contributed by atoms with E-state index in [1.165, 1.54) is 51.6 Å². The quantitative estimate of drug-likeness (QED) is 0.430. The van der Waals surface area contributed by atoms with Gasteiger partial charge in [-0.05, 0) is 51.1 Å². The molecule has 1 aliphatic rings. The molecule has 1 rings (SSSR count). The Kier molecular flexibility index (Phi) is 6.67. The maximum Gasteiger partial charge on any atom is 0.0223 e. The predicted molar refractivity (Wildman–Crippen MR) is 68.6 cm³/mol. The minimum atomic E-state index is 0.829. The molecule has 0 aromatic heterocycles. The molecule has 0 heterocycles. The van der Waals surface area contributed by atoms with Crippen molar-refractivity contribution in [2.75, 3.05) is 19.0 Å². The molecule has 0 bridgehead atoms. The van der Waals surface area contributed by atoms with Gasteiger partial charge in [-0.25, -0.2) is 0 Å². The van der Waals surface area contributed by atoms with E-state index >= 15 is 0 Å². The maximum absolute atomic E-state index is 5.68. The molecule has 0 unspecified atom stereocenters. The molecule has 0 amide bonds. The standard InChI is InChI=1S/C13H26ClN/c1-12(2)8-11-15(13-6-7-13)10-5-3-4-9-14/h12-13H,3-11H2,1-2H3. The molecule has 0 aromatic rings. The Morgan fingerprint density at radius 2 is 1.87 bits per heavy atom. The number of unbranched alkanes of at least 4 members (excludes halogenated alkanes) is 2. The number of nitrogens with zero attached hydrogens (tertiary/aromatic N) is 1. The summed E-state index contributed by atoms with van der Waals surface area (Å²) in [5.74, 6) is 1.67. The lowest BCUT2D eigenvalue weighted by Crippen LogP contribution is -2.29. The van der Waals surface area contributed by atoms with Crippen LogP contribution in [0.2, 0.25) is 0 Å². The summed E-state index contributed by atoms with van der Waals surface area (Å²) in [7, 11) is 0. The summed E-state index contributed by atoms with van der Waals surface area (Å²) < 4.78 is 0. The van der Waals surface area contributed by atoms with Crippen molar-refractivity contribution in [2.24, 2.45) is 5.92 Å². The van der Waals surface area contributed by atoms with Gasteiger partial charge in [-0.2, -0.15) is 0 Å². The second kappa shape index (κ2) is 7.51. The van der Waals surface area contributed by atoms with E-state index in [4.69, 9.17) is 11.6 Å². The van der Waals surface area contributed by atoms with Crippen LogP contribution in [-0.4, -0.2) is 29.9 Å². The van der Waals surface area contributed by atoms with Crippen molar-refractivity contribution >= 4 is 11.6 Å². The van der Waals surface area contributed by atoms with E-state index in [1.54, 1.807) is 0 Å². The SMILES string of the molecule is CC(C)CCN(CCCCCCl)C1CC1. The molecular formula is C13H26ClN. The summed E-state index contributed by atoms with van der Waals surface area (Å²) in [6.07, 6.45) is 8.05. The second-order valence-corrected chi connectivity index (χ2v) is 5.58. The average Bonchev–Trinajstić information content (AvgIpc) is 3.00. The van der Waals surface area contributed by atoms with Gasteiger partial charge in [0.05, 0.1) is 0 Å². The van der Waals surface area contributed by atoms with E-state index in [-0.39, 0.29) is 0 Å². The summed E-state index contributed by atoms with van der Waals surface area (Å²) in [4.78, 5) is 2.70. The van der Waals surface area contributed by atoms with Crippen LogP contribution in [0.4, 0.5) is 0 Å². The lowest BCUT2D eigenvalue weighted by Gasteiger charge is -2.22. The Balaban J connectivity index is 2.07. The topological polar surface area (TPSA) is 3.24 Å². The molecule has 0 radical (unpaired) electrons. The third kappa shape index (κ3) is 6.42. The molecule has 1 aliphatic carbocycles. The van der Waals surface area contributed by atoms with Gasteiger partial charge in [0.15, 0.2) is 0 Å². The van der Waals surface area contributed by atoms with Crippen LogP contribution in [0.25, 0.3) is 0 Å². The second-order valence-electron chi connectivity index (χ2n) is 5.20. The van der Waals surface area contributed by atoms with E-state index in [1.807, 2.05) is 0 Å². The van der Waals surface area contributed by atoms with Crippen LogP contribution in [0.15, 0.2) is 0 Å². The van der Waals surface area contributed by atoms with Crippen molar-refractivity contribution < 1.29 is 0 Å². The smallest absolute Gasteiger partial charge is 0.0223 e. The first kappa shape index (κ1) is 13.3. The normalized spacial score (nSPS) is 16.6. The van der Waals surface area contributed by atoms with E-state index in [0.29, 0.717) is 0 Å². The third-order valence-corrected chi connectivity index (χ3v) is 3.40. The van der Waals surface area contributed by atoms with Crippen LogP contribution >= 0.6 is 11.6 Å². The highest BCUT2D eigenvalue weighted by molar-refractivity contribution is 6.17. The van der Waals surface area contributed by atoms with Gasteiger partial charge in [0.25, 0.3) is 0 Å². The largest absolute Gasteiger partial charge is 0.300 e. The summed E-state index contributed by atoms with van der Waals surface area (Å²) >= 11 is 5.68. The highest BCUT2D eigenvalue weighted by Crippen LogP contribution is 2.27. The van der Waals surface area contributed by atoms with Gasteiger partial charge in [0, 0.05) is 11.9 Å². The number of halogens is 1. The minimum absolute atomic E-state index is 0.829. The number of hydrogen-bond acceptors (Lipinski definition) is 1. The van der Waals surface area contributed by atoms with Crippen molar-refractivity contribution in [3.05, 3.63) is 0 Å². The van der Waals surface area contributed by atoms with Gasteiger partial charge in [0.2, 0.25) is 0 Å². The van der Waals surface area contributed by atoms with Crippen LogP contribution in [0.1, 0.15) is 52.4 Å². The highest BCUT2D eigenvalue weighted by Gasteiger charge is 2.27. The molecule has 90 valence electrons. The third-order valence-electron chi connectivity index (χ3n) is 3.14. The number of alkyl halides is 1. The molecule has 1 nitrogen and oxygen atoms in total. The van der Waals surface area contributed by atoms with Gasteiger partial charge in [-0.1, -0.05) is 20.3 Å². The van der Waals surface area contributed by atoms with Crippen LogP contribution in [0.3, 0.4) is 0 Å². The Hall–Kier alpha value is 0.250. The van der Waals surface area contributed by atoms with Crippen molar-refractivity contribution in [3.63, 3.8) is 0 Å². The molecule has 0 atom stereocenters. The first-order valence-electron chi connectivity index (χ1n) is 6.54. The summed E-state index contributed by atoms with van der Waals surface area (Å²) in [5, 5.41) is 0. The Bertz CT molecular complexity index is 155. The van der Waals surface area contributed by atoms with Crippen molar-refractivity contribution in [3.8, 4) is 0 Å². The zero-order valence-electron chi connectivity index (χ0n) is 10.3. The van der Waals surface area contributed by atoms with Gasteiger partial charge in [0.1, 0.15) is 0 Å². The van der Waals surface area contributed by atoms with E-state index in [9.17, 15) is 0 Å². The fourth-order valence-electron chi connectivity index (χ4n) is 1.93. The van der Waals surface area contributed by atoms with Crippen LogP contribution in [-0.2, 0) is 0 Å². The van der Waals surface area contributed by atoms with E-state index < -0.39 is 0 Å². The zero-order chi connectivity index (χ0) is 11.1. The lowest BCUT2D eigenvalue weighted by molar-refractivity contribution is 0.243. The molecule has 0 spiro atoms. The summed E-state index contributed by atoms with van der Waals surface area (Å²) in [6, 6.07) is 0.930. The number of rotatable bonds is 9. The molecular weight excluding hydrogens is 206 g/mol. The zero-order valence-corrected chi connectivity index (χ0v) is 11.1. The molecule has 0 aliphatic heterocycles. The minimum Gasteiger partial charge on any atom is -0.300 e. The molecule has 0 saturated heterocycles. The summed E-state index contributed by atoms with van der Waals surface area (Å²) in [6.45, 7) is 7.24. The maximum atomic E-state index is 5.68. The Labute approximate surface area is 100 Å². The van der Waals surface area contributed by atoms with Crippen molar-refractivity contribution in [2.45, 2.75) is 58.4 Å². The van der Waals surface area contributed by atoms with E-state index in [0.717, 1.165) is 17.8 Å². The fourth-order valence-corrected chi connectivity index (χ4v) is 2.12. The molecule has 0 aromatic carbocycles. The van der Waals surface area contributed by atoms with Crippen LogP contribution < -0.4 is 0 Å². The monoisotopic (exact) mass is 231 g/mol. The average molecular weight is 232 g/mol. The highest BCUT2D eigenvalue weighted by atomic mass is 35.5. The Morgan fingerprint density at radius 3 is 2.40 bits per heavy atom. The van der Waals surface area contributed by atoms with Crippen molar-refractivity contribution in [1.29, 1.82) is 0 Å². The summed E-state index contributed by atoms with van der Waals surface area (Å²) in [5.41, 5.74) is 0. The van der Waals surface area contributed by atoms with Gasteiger partial charge in [-0.3, -0.25) is 0 Å².